The molecule has 3 rings (SSSR count). The molecule has 1 heterocycles. The molecule has 0 saturated carbocycles. The number of benzene rings is 2. The van der Waals surface area contributed by atoms with E-state index >= 15 is 0 Å². The van der Waals surface area contributed by atoms with Crippen molar-refractivity contribution in [2.24, 2.45) is 0 Å². The largest absolute Gasteiger partial charge is 0.416 e. The number of fused-ring (bicyclic) bond motifs is 1. The molecule has 6 heteroatoms. The van der Waals surface area contributed by atoms with Gasteiger partial charge in [0, 0.05) is 12.2 Å². The second-order valence-electron chi connectivity index (χ2n) is 5.71. The fraction of sp³-hybridized carbons (Fsp3) is 0.353. The molecule has 23 heavy (non-hydrogen) atoms. The van der Waals surface area contributed by atoms with Crippen LogP contribution in [-0.2, 0) is 0 Å². The van der Waals surface area contributed by atoms with Gasteiger partial charge in [-0.3, -0.25) is 0 Å². The molecule has 0 radical (unpaired) electrons. The lowest BCUT2D eigenvalue weighted by Crippen LogP contribution is -2.47. The number of alkyl halides is 3. The van der Waals surface area contributed by atoms with Gasteiger partial charge in [-0.2, -0.15) is 18.4 Å². The summed E-state index contributed by atoms with van der Waals surface area (Å²) in [7, 11) is 0. The fourth-order valence-electron chi connectivity index (χ4n) is 3.21. The zero-order valence-corrected chi connectivity index (χ0v) is 12.2. The Labute approximate surface area is 131 Å². The first-order chi connectivity index (χ1) is 10.9. The Balaban J connectivity index is 1.98. The lowest BCUT2D eigenvalue weighted by atomic mass is 10.0. The molecular formula is C17H15F3N2O. The molecule has 0 aromatic heterocycles. The topological polar surface area (TPSA) is 47.3 Å². The van der Waals surface area contributed by atoms with Gasteiger partial charge >= 0.3 is 6.18 Å². The van der Waals surface area contributed by atoms with Crippen LogP contribution in [0.15, 0.2) is 36.4 Å². The van der Waals surface area contributed by atoms with E-state index in [1.165, 1.54) is 0 Å². The first-order valence-corrected chi connectivity index (χ1v) is 7.36. The van der Waals surface area contributed by atoms with E-state index in [0.29, 0.717) is 30.6 Å². The Morgan fingerprint density at radius 3 is 2.74 bits per heavy atom. The smallest absolute Gasteiger partial charge is 0.382 e. The van der Waals surface area contributed by atoms with Crippen molar-refractivity contribution in [3.63, 3.8) is 0 Å². The first-order valence-electron chi connectivity index (χ1n) is 7.36. The summed E-state index contributed by atoms with van der Waals surface area (Å²) in [5.74, 6) is 0. The van der Waals surface area contributed by atoms with Gasteiger partial charge in [0.2, 0.25) is 0 Å². The molecule has 1 saturated heterocycles. The molecule has 120 valence electrons. The van der Waals surface area contributed by atoms with Crippen LogP contribution in [0.5, 0.6) is 0 Å². The van der Waals surface area contributed by atoms with Gasteiger partial charge in [0.05, 0.1) is 17.7 Å². The number of halogens is 3. The third-order valence-electron chi connectivity index (χ3n) is 4.32. The Bertz CT molecular complexity index is 767. The Hall–Kier alpha value is -2.26. The maximum absolute atomic E-state index is 12.8. The highest BCUT2D eigenvalue weighted by atomic mass is 19.4. The molecule has 1 N–H and O–H groups in total. The number of nitriles is 1. The van der Waals surface area contributed by atoms with E-state index in [1.54, 1.807) is 35.2 Å². The maximum atomic E-state index is 12.8. The van der Waals surface area contributed by atoms with Gasteiger partial charge in [-0.1, -0.05) is 18.2 Å². The minimum atomic E-state index is -4.63. The Morgan fingerprint density at radius 1 is 1.26 bits per heavy atom. The quantitative estimate of drug-likeness (QED) is 0.919. The number of hydrogen-bond donors (Lipinski definition) is 1. The number of nitrogens with zero attached hydrogens (tertiary/aromatic N) is 2. The van der Waals surface area contributed by atoms with Crippen molar-refractivity contribution in [2.75, 3.05) is 11.4 Å². The van der Waals surface area contributed by atoms with E-state index in [0.717, 1.165) is 10.8 Å². The van der Waals surface area contributed by atoms with Crippen molar-refractivity contribution in [1.29, 1.82) is 5.26 Å². The average molecular weight is 320 g/mol. The standard InChI is InChI=1S/C17H15F3N2O/c18-17(19,20)16(23)15-5-2-8-22(15)13-6-7-14-11(9-13)3-1-4-12(14)10-21/h1,3-4,6-7,9,15-16,23H,2,5,8H2/t15-,16+/m0/s1. The summed E-state index contributed by atoms with van der Waals surface area (Å²) in [5.41, 5.74) is 1.17. The fourth-order valence-corrected chi connectivity index (χ4v) is 3.21. The summed E-state index contributed by atoms with van der Waals surface area (Å²) in [4.78, 5) is 1.61. The zero-order valence-electron chi connectivity index (χ0n) is 12.2. The van der Waals surface area contributed by atoms with Gasteiger partial charge in [-0.25, -0.2) is 0 Å². The Kier molecular flexibility index (Phi) is 3.90. The van der Waals surface area contributed by atoms with E-state index < -0.39 is 18.3 Å². The highest BCUT2D eigenvalue weighted by Gasteiger charge is 2.47. The molecule has 0 bridgehead atoms. The van der Waals surface area contributed by atoms with Crippen molar-refractivity contribution < 1.29 is 18.3 Å². The van der Waals surface area contributed by atoms with Crippen molar-refractivity contribution in [3.05, 3.63) is 42.0 Å². The summed E-state index contributed by atoms with van der Waals surface area (Å²) >= 11 is 0. The van der Waals surface area contributed by atoms with Crippen LogP contribution in [0.4, 0.5) is 18.9 Å². The lowest BCUT2D eigenvalue weighted by Gasteiger charge is -2.31. The normalized spacial score (nSPS) is 19.8. The van der Waals surface area contributed by atoms with Crippen molar-refractivity contribution in [2.45, 2.75) is 31.2 Å². The summed E-state index contributed by atoms with van der Waals surface area (Å²) in [6, 6.07) is 11.6. The molecular weight excluding hydrogens is 305 g/mol. The van der Waals surface area contributed by atoms with Crippen LogP contribution < -0.4 is 4.90 Å². The molecule has 0 spiro atoms. The van der Waals surface area contributed by atoms with Gasteiger partial charge in [-0.05, 0) is 41.8 Å². The number of aliphatic hydroxyl groups is 1. The molecule has 2 aromatic rings. The molecule has 1 aliphatic rings. The van der Waals surface area contributed by atoms with Crippen LogP contribution in [0.3, 0.4) is 0 Å². The van der Waals surface area contributed by atoms with Gasteiger partial charge < -0.3 is 10.0 Å². The zero-order chi connectivity index (χ0) is 16.6. The first kappa shape index (κ1) is 15.6. The molecule has 1 fully saturated rings. The summed E-state index contributed by atoms with van der Waals surface area (Å²) in [6.07, 6.45) is -6.07. The van der Waals surface area contributed by atoms with E-state index in [-0.39, 0.29) is 0 Å². The van der Waals surface area contributed by atoms with Gasteiger partial charge in [0.15, 0.2) is 6.10 Å². The number of hydrogen-bond acceptors (Lipinski definition) is 3. The van der Waals surface area contributed by atoms with Crippen LogP contribution in [0.1, 0.15) is 18.4 Å². The van der Waals surface area contributed by atoms with E-state index in [9.17, 15) is 18.3 Å². The van der Waals surface area contributed by atoms with Crippen molar-refractivity contribution in [3.8, 4) is 6.07 Å². The van der Waals surface area contributed by atoms with E-state index in [2.05, 4.69) is 6.07 Å². The van der Waals surface area contributed by atoms with Crippen molar-refractivity contribution >= 4 is 16.5 Å². The third kappa shape index (κ3) is 2.84. The average Bonchev–Trinajstić information content (AvgIpc) is 3.01. The second-order valence-corrected chi connectivity index (χ2v) is 5.71. The summed E-state index contributed by atoms with van der Waals surface area (Å²) < 4.78 is 38.5. The molecule has 3 nitrogen and oxygen atoms in total. The molecule has 0 unspecified atom stereocenters. The monoisotopic (exact) mass is 320 g/mol. The number of anilines is 1. The van der Waals surface area contributed by atoms with E-state index in [1.807, 2.05) is 6.07 Å². The minimum Gasteiger partial charge on any atom is -0.382 e. The molecule has 1 aliphatic heterocycles. The highest BCUT2D eigenvalue weighted by Crippen LogP contribution is 2.35. The molecule has 0 aliphatic carbocycles. The third-order valence-corrected chi connectivity index (χ3v) is 4.32. The van der Waals surface area contributed by atoms with Crippen LogP contribution >= 0.6 is 0 Å². The van der Waals surface area contributed by atoms with Crippen LogP contribution in [0.25, 0.3) is 10.8 Å². The molecule has 0 amide bonds. The van der Waals surface area contributed by atoms with Crippen molar-refractivity contribution in [1.82, 2.24) is 0 Å². The number of rotatable bonds is 2. The maximum Gasteiger partial charge on any atom is 0.416 e. The van der Waals surface area contributed by atoms with E-state index in [4.69, 9.17) is 5.26 Å². The van der Waals surface area contributed by atoms with Crippen LogP contribution in [-0.4, -0.2) is 30.0 Å². The summed E-state index contributed by atoms with van der Waals surface area (Å²) in [5, 5.41) is 20.3. The Morgan fingerprint density at radius 2 is 2.04 bits per heavy atom. The van der Waals surface area contributed by atoms with Gasteiger partial charge in [0.1, 0.15) is 0 Å². The summed E-state index contributed by atoms with van der Waals surface area (Å²) in [6.45, 7) is 0.473. The SMILES string of the molecule is N#Cc1cccc2cc(N3CCC[C@H]3[C@@H](O)C(F)(F)F)ccc12. The van der Waals surface area contributed by atoms with Gasteiger partial charge in [0.25, 0.3) is 0 Å². The predicted molar refractivity (Wildman–Crippen MR) is 81.1 cm³/mol. The highest BCUT2D eigenvalue weighted by molar-refractivity contribution is 5.90. The minimum absolute atomic E-state index is 0.303. The van der Waals surface area contributed by atoms with Crippen LogP contribution in [0, 0.1) is 11.3 Å². The lowest BCUT2D eigenvalue weighted by molar-refractivity contribution is -0.209. The van der Waals surface area contributed by atoms with Crippen LogP contribution in [0.2, 0.25) is 0 Å². The van der Waals surface area contributed by atoms with Gasteiger partial charge in [-0.15, -0.1) is 0 Å². The molecule has 2 atom stereocenters. The second kappa shape index (κ2) is 5.74. The number of aliphatic hydroxyl groups excluding tert-OH is 1. The predicted octanol–water partition coefficient (Wildman–Crippen LogP) is 3.60. The molecule has 2 aromatic carbocycles.